The topological polar surface area (TPSA) is 86.2 Å². The van der Waals surface area contributed by atoms with E-state index in [1.165, 1.54) is 25.0 Å². The zero-order valence-corrected chi connectivity index (χ0v) is 19.5. The number of nitrogens with zero attached hydrogens (tertiary/aromatic N) is 2. The summed E-state index contributed by atoms with van der Waals surface area (Å²) in [6, 6.07) is 6.24. The number of guanidine groups is 1. The second-order valence-corrected chi connectivity index (χ2v) is 7.72. The van der Waals surface area contributed by atoms with Crippen molar-refractivity contribution in [2.75, 3.05) is 45.9 Å². The Morgan fingerprint density at radius 1 is 1.24 bits per heavy atom. The highest BCUT2D eigenvalue weighted by Crippen LogP contribution is 2.37. The lowest BCUT2D eigenvalue weighted by atomic mass is 9.76. The molecule has 1 aromatic rings. The van der Waals surface area contributed by atoms with Gasteiger partial charge in [-0.1, -0.05) is 0 Å². The number of nitrogens with one attached hydrogen (secondary N) is 2. The number of hydrogen-bond acceptors (Lipinski definition) is 4. The number of phenolic OH excluding ortho intramolecular Hbond substituents is 1. The number of carbonyl (C=O) groups excluding carboxylic acids is 1. The maximum atomic E-state index is 12.1. The zero-order chi connectivity index (χ0) is 19.8. The Morgan fingerprint density at radius 3 is 2.69 bits per heavy atom. The van der Waals surface area contributed by atoms with E-state index >= 15 is 0 Å². The molecule has 1 unspecified atom stereocenters. The van der Waals surface area contributed by atoms with Crippen LogP contribution < -0.4 is 10.6 Å². The van der Waals surface area contributed by atoms with Crippen LogP contribution in [-0.2, 0) is 4.74 Å². The summed E-state index contributed by atoms with van der Waals surface area (Å²) >= 11 is 0. The van der Waals surface area contributed by atoms with Gasteiger partial charge in [-0.3, -0.25) is 9.79 Å². The van der Waals surface area contributed by atoms with Crippen molar-refractivity contribution in [2.24, 2.45) is 10.4 Å². The summed E-state index contributed by atoms with van der Waals surface area (Å²) in [6.07, 6.45) is 4.76. The normalized spacial score (nSPS) is 22.1. The second kappa shape index (κ2) is 11.6. The van der Waals surface area contributed by atoms with Crippen LogP contribution in [0, 0.1) is 5.41 Å². The molecule has 2 saturated heterocycles. The fourth-order valence-corrected chi connectivity index (χ4v) is 4.09. The van der Waals surface area contributed by atoms with Crippen molar-refractivity contribution in [2.45, 2.75) is 32.6 Å². The van der Waals surface area contributed by atoms with Crippen molar-refractivity contribution in [3.05, 3.63) is 29.8 Å². The third-order valence-electron chi connectivity index (χ3n) is 5.49. The van der Waals surface area contributed by atoms with E-state index in [0.717, 1.165) is 51.6 Å². The molecule has 2 heterocycles. The SMILES string of the molecule is CCNC(=NCCNC(=O)c1ccc(O)cc1)N1CCCC2(CCCOC2)C1.I. The van der Waals surface area contributed by atoms with Gasteiger partial charge in [0.05, 0.1) is 13.2 Å². The van der Waals surface area contributed by atoms with Gasteiger partial charge >= 0.3 is 0 Å². The predicted octanol–water partition coefficient (Wildman–Crippen LogP) is 2.60. The number of carbonyl (C=O) groups is 1. The lowest BCUT2D eigenvalue weighted by molar-refractivity contribution is -0.0370. The average molecular weight is 516 g/mol. The summed E-state index contributed by atoms with van der Waals surface area (Å²) in [7, 11) is 0. The number of likely N-dealkylation sites (tertiary alicyclic amines) is 1. The van der Waals surface area contributed by atoms with Gasteiger partial charge in [-0.2, -0.15) is 0 Å². The molecule has 0 aliphatic carbocycles. The van der Waals surface area contributed by atoms with E-state index in [-0.39, 0.29) is 41.0 Å². The van der Waals surface area contributed by atoms with Gasteiger partial charge in [0.1, 0.15) is 5.75 Å². The molecule has 3 N–H and O–H groups in total. The van der Waals surface area contributed by atoms with Gasteiger partial charge in [-0.25, -0.2) is 0 Å². The molecule has 0 bridgehead atoms. The highest BCUT2D eigenvalue weighted by Gasteiger charge is 2.38. The molecular formula is C21H33IN4O3. The highest BCUT2D eigenvalue weighted by molar-refractivity contribution is 14.0. The molecule has 162 valence electrons. The molecular weight excluding hydrogens is 483 g/mol. The number of hydrogen-bond donors (Lipinski definition) is 3. The van der Waals surface area contributed by atoms with Crippen LogP contribution in [-0.4, -0.2) is 67.8 Å². The Kier molecular flexibility index (Phi) is 9.48. The number of aromatic hydroxyl groups is 1. The lowest BCUT2D eigenvalue weighted by Crippen LogP contribution is -2.53. The molecule has 0 saturated carbocycles. The Morgan fingerprint density at radius 2 is 2.00 bits per heavy atom. The number of rotatable bonds is 5. The van der Waals surface area contributed by atoms with Gasteiger partial charge in [0.15, 0.2) is 5.96 Å². The molecule has 8 heteroatoms. The molecule has 0 aromatic heterocycles. The van der Waals surface area contributed by atoms with Crippen LogP contribution in [0.15, 0.2) is 29.3 Å². The number of ether oxygens (including phenoxy) is 1. The molecule has 1 spiro atoms. The van der Waals surface area contributed by atoms with Crippen LogP contribution in [0.3, 0.4) is 0 Å². The largest absolute Gasteiger partial charge is 0.508 e. The fraction of sp³-hybridized carbons (Fsp3) is 0.619. The van der Waals surface area contributed by atoms with Crippen LogP contribution in [0.5, 0.6) is 5.75 Å². The predicted molar refractivity (Wildman–Crippen MR) is 125 cm³/mol. The first-order chi connectivity index (χ1) is 13.6. The van der Waals surface area contributed by atoms with E-state index in [1.54, 1.807) is 12.1 Å². The Hall–Kier alpha value is -1.55. The number of aliphatic imine (C=N–C) groups is 1. The van der Waals surface area contributed by atoms with Crippen molar-refractivity contribution in [1.29, 1.82) is 0 Å². The molecule has 0 radical (unpaired) electrons. The number of phenols is 1. The molecule has 1 amide bonds. The van der Waals surface area contributed by atoms with Gasteiger partial charge in [0.2, 0.25) is 0 Å². The van der Waals surface area contributed by atoms with Crippen LogP contribution in [0.4, 0.5) is 0 Å². The van der Waals surface area contributed by atoms with Crippen LogP contribution >= 0.6 is 24.0 Å². The first-order valence-electron chi connectivity index (χ1n) is 10.3. The molecule has 29 heavy (non-hydrogen) atoms. The minimum Gasteiger partial charge on any atom is -0.508 e. The van der Waals surface area contributed by atoms with E-state index in [4.69, 9.17) is 9.73 Å². The molecule has 1 atom stereocenters. The van der Waals surface area contributed by atoms with Gasteiger partial charge in [0.25, 0.3) is 5.91 Å². The maximum absolute atomic E-state index is 12.1. The Bertz CT molecular complexity index is 669. The van der Waals surface area contributed by atoms with Crippen molar-refractivity contribution in [3.63, 3.8) is 0 Å². The molecule has 2 fully saturated rings. The number of halogens is 1. The van der Waals surface area contributed by atoms with Crippen molar-refractivity contribution in [1.82, 2.24) is 15.5 Å². The zero-order valence-electron chi connectivity index (χ0n) is 17.2. The summed E-state index contributed by atoms with van der Waals surface area (Å²) in [5.74, 6) is 0.918. The van der Waals surface area contributed by atoms with Crippen LogP contribution in [0.2, 0.25) is 0 Å². The summed E-state index contributed by atoms with van der Waals surface area (Å²) in [4.78, 5) is 19.2. The van der Waals surface area contributed by atoms with Crippen LogP contribution in [0.25, 0.3) is 0 Å². The van der Waals surface area contributed by atoms with Crippen molar-refractivity contribution >= 4 is 35.8 Å². The third-order valence-corrected chi connectivity index (χ3v) is 5.49. The monoisotopic (exact) mass is 516 g/mol. The molecule has 1 aromatic carbocycles. The number of piperidine rings is 1. The van der Waals surface area contributed by atoms with E-state index in [0.29, 0.717) is 18.7 Å². The Balaban J connectivity index is 0.00000300. The van der Waals surface area contributed by atoms with Crippen LogP contribution in [0.1, 0.15) is 43.0 Å². The third kappa shape index (κ3) is 6.74. The van der Waals surface area contributed by atoms with E-state index in [2.05, 4.69) is 22.5 Å². The second-order valence-electron chi connectivity index (χ2n) is 7.72. The number of benzene rings is 1. The molecule has 3 rings (SSSR count). The molecule has 2 aliphatic heterocycles. The van der Waals surface area contributed by atoms with E-state index in [1.807, 2.05) is 0 Å². The fourth-order valence-electron chi connectivity index (χ4n) is 4.09. The number of amides is 1. The summed E-state index contributed by atoms with van der Waals surface area (Å²) < 4.78 is 5.78. The van der Waals surface area contributed by atoms with Crippen molar-refractivity contribution < 1.29 is 14.6 Å². The first kappa shape index (κ1) is 23.7. The molecule has 7 nitrogen and oxygen atoms in total. The first-order valence-corrected chi connectivity index (χ1v) is 10.3. The van der Waals surface area contributed by atoms with Gasteiger partial charge < -0.3 is 25.4 Å². The summed E-state index contributed by atoms with van der Waals surface area (Å²) in [5, 5.41) is 15.6. The smallest absolute Gasteiger partial charge is 0.251 e. The van der Waals surface area contributed by atoms with Gasteiger partial charge in [-0.05, 0) is 56.9 Å². The van der Waals surface area contributed by atoms with E-state index < -0.39 is 0 Å². The minimum atomic E-state index is -0.156. The molecule has 2 aliphatic rings. The van der Waals surface area contributed by atoms with Gasteiger partial charge in [0, 0.05) is 43.8 Å². The summed E-state index contributed by atoms with van der Waals surface area (Å²) in [6.45, 7) is 7.61. The lowest BCUT2D eigenvalue weighted by Gasteiger charge is -2.45. The highest BCUT2D eigenvalue weighted by atomic mass is 127. The Labute approximate surface area is 190 Å². The standard InChI is InChI=1S/C21H32N4O3.HI/c1-2-22-20(25-13-3-9-21(15-25)10-4-14-28-16-21)24-12-11-23-19(27)17-5-7-18(26)8-6-17;/h5-8,26H,2-4,9-16H2,1H3,(H,22,24)(H,23,27);1H. The minimum absolute atomic E-state index is 0. The summed E-state index contributed by atoms with van der Waals surface area (Å²) in [5.41, 5.74) is 0.795. The van der Waals surface area contributed by atoms with Gasteiger partial charge in [-0.15, -0.1) is 24.0 Å². The van der Waals surface area contributed by atoms with E-state index in [9.17, 15) is 9.90 Å². The average Bonchev–Trinajstić information content (AvgIpc) is 2.71. The maximum Gasteiger partial charge on any atom is 0.251 e. The quantitative estimate of drug-likeness (QED) is 0.243. The van der Waals surface area contributed by atoms with Crippen molar-refractivity contribution in [3.8, 4) is 5.75 Å².